The molecule has 0 aromatic heterocycles. The van der Waals surface area contributed by atoms with Crippen molar-refractivity contribution in [2.24, 2.45) is 0 Å². The molecule has 0 aliphatic rings. The Hall–Kier alpha value is -1.78. The van der Waals surface area contributed by atoms with Crippen LogP contribution in [0.25, 0.3) is 0 Å². The summed E-state index contributed by atoms with van der Waals surface area (Å²) in [6, 6.07) is 3.13. The SMILES string of the molecule is [CH2]c1cc(OCCCCCCCCCCCC)c(OCCCCCCCCCCCC)cc1[N+](=O)[O-]. The Morgan fingerprint density at radius 3 is 1.31 bits per heavy atom. The number of ether oxygens (including phenoxy) is 2. The Bertz CT molecular complexity index is 677. The second kappa shape index (κ2) is 22.4. The molecule has 0 spiro atoms. The lowest BCUT2D eigenvalue weighted by molar-refractivity contribution is -0.385. The molecule has 1 rings (SSSR count). The van der Waals surface area contributed by atoms with Crippen LogP contribution >= 0.6 is 0 Å². The van der Waals surface area contributed by atoms with Gasteiger partial charge in [-0.05, 0) is 25.8 Å². The van der Waals surface area contributed by atoms with Gasteiger partial charge in [0.1, 0.15) is 0 Å². The molecule has 0 aliphatic carbocycles. The number of nitro benzene ring substituents is 1. The van der Waals surface area contributed by atoms with Crippen molar-refractivity contribution in [1.82, 2.24) is 0 Å². The maximum Gasteiger partial charge on any atom is 0.276 e. The number of rotatable bonds is 25. The van der Waals surface area contributed by atoms with Crippen LogP contribution in [0.4, 0.5) is 5.69 Å². The average Bonchev–Trinajstić information content (AvgIpc) is 2.86. The van der Waals surface area contributed by atoms with E-state index in [0.717, 1.165) is 25.7 Å². The Morgan fingerprint density at radius 2 is 0.944 bits per heavy atom. The van der Waals surface area contributed by atoms with E-state index in [0.29, 0.717) is 30.3 Å². The smallest absolute Gasteiger partial charge is 0.276 e. The van der Waals surface area contributed by atoms with E-state index in [4.69, 9.17) is 9.47 Å². The van der Waals surface area contributed by atoms with Gasteiger partial charge in [-0.1, -0.05) is 129 Å². The third-order valence-electron chi connectivity index (χ3n) is 6.85. The summed E-state index contributed by atoms with van der Waals surface area (Å²) in [5.74, 6) is 1.05. The van der Waals surface area contributed by atoms with E-state index >= 15 is 0 Å². The van der Waals surface area contributed by atoms with Crippen molar-refractivity contribution in [2.75, 3.05) is 13.2 Å². The Labute approximate surface area is 221 Å². The van der Waals surface area contributed by atoms with E-state index in [1.807, 2.05) is 0 Å². The summed E-state index contributed by atoms with van der Waals surface area (Å²) < 4.78 is 11.9. The summed E-state index contributed by atoms with van der Waals surface area (Å²) in [5, 5.41) is 11.4. The quantitative estimate of drug-likeness (QED) is 0.0754. The van der Waals surface area contributed by atoms with Crippen molar-refractivity contribution in [3.05, 3.63) is 34.7 Å². The molecular weight excluding hydrogens is 450 g/mol. The highest BCUT2D eigenvalue weighted by Crippen LogP contribution is 2.35. The molecule has 1 radical (unpaired) electrons. The summed E-state index contributed by atoms with van der Waals surface area (Å²) in [5.41, 5.74) is 0.351. The molecule has 0 amide bonds. The van der Waals surface area contributed by atoms with E-state index in [9.17, 15) is 10.1 Å². The molecule has 0 fully saturated rings. The lowest BCUT2D eigenvalue weighted by atomic mass is 10.1. The fourth-order valence-corrected chi connectivity index (χ4v) is 4.53. The van der Waals surface area contributed by atoms with Crippen LogP contribution in [0.3, 0.4) is 0 Å². The maximum atomic E-state index is 11.4. The van der Waals surface area contributed by atoms with Gasteiger partial charge in [-0.25, -0.2) is 0 Å². The summed E-state index contributed by atoms with van der Waals surface area (Å²) in [6.07, 6.45) is 25.4. The first-order valence-corrected chi connectivity index (χ1v) is 15.0. The van der Waals surface area contributed by atoms with Gasteiger partial charge in [-0.2, -0.15) is 0 Å². The highest BCUT2D eigenvalue weighted by molar-refractivity contribution is 5.55. The van der Waals surface area contributed by atoms with Gasteiger partial charge in [0.15, 0.2) is 11.5 Å². The second-order valence-corrected chi connectivity index (χ2v) is 10.2. The minimum Gasteiger partial charge on any atom is -0.490 e. The molecule has 0 saturated carbocycles. The van der Waals surface area contributed by atoms with Crippen molar-refractivity contribution in [1.29, 1.82) is 0 Å². The van der Waals surface area contributed by atoms with Gasteiger partial charge >= 0.3 is 0 Å². The highest BCUT2D eigenvalue weighted by Gasteiger charge is 2.17. The molecule has 1 aromatic rings. The molecule has 0 aliphatic heterocycles. The van der Waals surface area contributed by atoms with Crippen molar-refractivity contribution >= 4 is 5.69 Å². The molecule has 5 nitrogen and oxygen atoms in total. The average molecular weight is 505 g/mol. The first-order chi connectivity index (χ1) is 17.6. The van der Waals surface area contributed by atoms with Gasteiger partial charge < -0.3 is 9.47 Å². The number of hydrogen-bond donors (Lipinski definition) is 0. The first-order valence-electron chi connectivity index (χ1n) is 15.0. The predicted molar refractivity (Wildman–Crippen MR) is 152 cm³/mol. The molecule has 207 valence electrons. The third kappa shape index (κ3) is 16.1. The van der Waals surface area contributed by atoms with Gasteiger partial charge in [0.25, 0.3) is 5.69 Å². The van der Waals surface area contributed by atoms with Gasteiger partial charge in [-0.15, -0.1) is 0 Å². The largest absolute Gasteiger partial charge is 0.490 e. The molecule has 0 N–H and O–H groups in total. The monoisotopic (exact) mass is 504 g/mol. The minimum absolute atomic E-state index is 0.0145. The highest BCUT2D eigenvalue weighted by atomic mass is 16.6. The lowest BCUT2D eigenvalue weighted by Gasteiger charge is -2.14. The van der Waals surface area contributed by atoms with Crippen LogP contribution in [0.2, 0.25) is 0 Å². The van der Waals surface area contributed by atoms with Crippen LogP contribution in [0.15, 0.2) is 12.1 Å². The minimum atomic E-state index is -0.401. The fraction of sp³-hybridized carbons (Fsp3) is 0.774. The van der Waals surface area contributed by atoms with Crippen molar-refractivity contribution in [3.8, 4) is 11.5 Å². The number of nitro groups is 1. The van der Waals surface area contributed by atoms with Crippen LogP contribution in [0, 0.1) is 17.0 Å². The van der Waals surface area contributed by atoms with Crippen molar-refractivity contribution in [2.45, 2.75) is 142 Å². The van der Waals surface area contributed by atoms with E-state index in [2.05, 4.69) is 20.8 Å². The number of nitrogens with zero attached hydrogens (tertiary/aromatic N) is 1. The molecule has 0 saturated heterocycles. The van der Waals surface area contributed by atoms with E-state index in [1.54, 1.807) is 6.07 Å². The van der Waals surface area contributed by atoms with Crippen LogP contribution in [-0.4, -0.2) is 18.1 Å². The number of hydrogen-bond acceptors (Lipinski definition) is 4. The van der Waals surface area contributed by atoms with Crippen molar-refractivity contribution in [3.63, 3.8) is 0 Å². The van der Waals surface area contributed by atoms with Gasteiger partial charge in [0.05, 0.1) is 24.2 Å². The lowest BCUT2D eigenvalue weighted by Crippen LogP contribution is -2.04. The molecule has 0 bridgehead atoms. The van der Waals surface area contributed by atoms with E-state index in [1.165, 1.54) is 109 Å². The van der Waals surface area contributed by atoms with Crippen LogP contribution in [-0.2, 0) is 0 Å². The molecule has 5 heteroatoms. The predicted octanol–water partition coefficient (Wildman–Crippen LogP) is 10.4. The summed E-state index contributed by atoms with van der Waals surface area (Å²) in [4.78, 5) is 11.0. The maximum absolute atomic E-state index is 11.4. The molecule has 0 atom stereocenters. The normalized spacial score (nSPS) is 11.1. The van der Waals surface area contributed by atoms with Gasteiger partial charge in [-0.3, -0.25) is 10.1 Å². The van der Waals surface area contributed by atoms with E-state index in [-0.39, 0.29) is 5.69 Å². The third-order valence-corrected chi connectivity index (χ3v) is 6.85. The zero-order valence-corrected chi connectivity index (χ0v) is 23.5. The molecular formula is C31H54NO4. The van der Waals surface area contributed by atoms with Crippen LogP contribution < -0.4 is 9.47 Å². The summed E-state index contributed by atoms with van der Waals surface area (Å²) in [6.45, 7) is 9.49. The zero-order valence-electron chi connectivity index (χ0n) is 23.5. The Kier molecular flexibility index (Phi) is 20.1. The van der Waals surface area contributed by atoms with Gasteiger partial charge in [0, 0.05) is 5.56 Å². The Balaban J connectivity index is 2.30. The summed E-state index contributed by atoms with van der Waals surface area (Å²) in [7, 11) is 0. The zero-order chi connectivity index (χ0) is 26.3. The van der Waals surface area contributed by atoms with Crippen LogP contribution in [0.1, 0.15) is 148 Å². The van der Waals surface area contributed by atoms with E-state index < -0.39 is 4.92 Å². The van der Waals surface area contributed by atoms with Gasteiger partial charge in [0.2, 0.25) is 0 Å². The number of benzene rings is 1. The van der Waals surface area contributed by atoms with Crippen LogP contribution in [0.5, 0.6) is 11.5 Å². The topological polar surface area (TPSA) is 61.6 Å². The number of unbranched alkanes of at least 4 members (excludes halogenated alkanes) is 18. The molecule has 36 heavy (non-hydrogen) atoms. The summed E-state index contributed by atoms with van der Waals surface area (Å²) >= 11 is 0. The van der Waals surface area contributed by atoms with Crippen molar-refractivity contribution < 1.29 is 14.4 Å². The Morgan fingerprint density at radius 1 is 0.611 bits per heavy atom. The standard InChI is InChI=1S/C31H54NO4/c1-4-6-8-10-12-14-16-18-20-22-24-35-30-26-28(3)29(32(33)34)27-31(30)36-25-23-21-19-17-15-13-11-9-7-5-2/h26-27H,3-25H2,1-2H3. The molecule has 1 aromatic carbocycles. The fourth-order valence-electron chi connectivity index (χ4n) is 4.53. The molecule has 0 heterocycles. The first kappa shape index (κ1) is 32.2. The second-order valence-electron chi connectivity index (χ2n) is 10.2. The molecule has 0 unspecified atom stereocenters.